The van der Waals surface area contributed by atoms with Crippen LogP contribution in [0.4, 0.5) is 5.82 Å². The molecule has 0 radical (unpaired) electrons. The highest BCUT2D eigenvalue weighted by Crippen LogP contribution is 2.21. The predicted molar refractivity (Wildman–Crippen MR) is 76.9 cm³/mol. The maximum atomic E-state index is 12.3. The Kier molecular flexibility index (Phi) is 4.98. The first-order valence-corrected chi connectivity index (χ1v) is 7.66. The highest BCUT2D eigenvalue weighted by molar-refractivity contribution is 7.99. The van der Waals surface area contributed by atoms with E-state index < -0.39 is 0 Å². The molecule has 1 aliphatic rings. The van der Waals surface area contributed by atoms with Crippen LogP contribution in [0.3, 0.4) is 0 Å². The van der Waals surface area contributed by atoms with Crippen LogP contribution in [0.15, 0.2) is 12.1 Å². The van der Waals surface area contributed by atoms with E-state index in [-0.39, 0.29) is 5.91 Å². The molecule has 2 heterocycles. The third-order valence-electron chi connectivity index (χ3n) is 3.33. The number of nitrogens with two attached hydrogens (primary N) is 1. The van der Waals surface area contributed by atoms with Crippen molar-refractivity contribution in [1.29, 1.82) is 0 Å². The van der Waals surface area contributed by atoms with Gasteiger partial charge in [0.2, 0.25) is 0 Å². The molecule has 1 fully saturated rings. The third-order valence-corrected chi connectivity index (χ3v) is 4.47. The topological polar surface area (TPSA) is 84.1 Å². The fourth-order valence-electron chi connectivity index (χ4n) is 2.19. The fourth-order valence-corrected chi connectivity index (χ4v) is 2.93. The monoisotopic (exact) mass is 281 g/mol. The van der Waals surface area contributed by atoms with Crippen LogP contribution in [0.2, 0.25) is 0 Å². The van der Waals surface area contributed by atoms with Crippen molar-refractivity contribution in [3.05, 3.63) is 17.8 Å². The zero-order chi connectivity index (χ0) is 13.7. The summed E-state index contributed by atoms with van der Waals surface area (Å²) in [5.41, 5.74) is 2.77. The summed E-state index contributed by atoms with van der Waals surface area (Å²) in [5.74, 6) is 5.63. The minimum Gasteiger partial charge on any atom is -0.337 e. The van der Waals surface area contributed by atoms with Gasteiger partial charge >= 0.3 is 0 Å². The van der Waals surface area contributed by atoms with E-state index in [1.54, 1.807) is 12.1 Å². The van der Waals surface area contributed by atoms with Crippen LogP contribution in [0.25, 0.3) is 0 Å². The molecule has 1 aliphatic heterocycles. The molecule has 1 atom stereocenters. The Morgan fingerprint density at radius 1 is 1.42 bits per heavy atom. The Bertz CT molecular complexity index is 425. The van der Waals surface area contributed by atoms with Crippen molar-refractivity contribution in [2.24, 2.45) is 5.84 Å². The minimum absolute atomic E-state index is 0.0437. The number of carbonyl (C=O) groups is 1. The molecule has 0 bridgehead atoms. The predicted octanol–water partition coefficient (Wildman–Crippen LogP) is 1.12. The molecule has 3 N–H and O–H groups in total. The Hall–Kier alpha value is -1.34. The molecule has 0 spiro atoms. The van der Waals surface area contributed by atoms with Gasteiger partial charge in [-0.25, -0.2) is 5.84 Å². The second-order valence-corrected chi connectivity index (χ2v) is 5.67. The van der Waals surface area contributed by atoms with Gasteiger partial charge < -0.3 is 10.3 Å². The number of hydrogen-bond donors (Lipinski definition) is 2. The van der Waals surface area contributed by atoms with Crippen LogP contribution >= 0.6 is 11.8 Å². The smallest absolute Gasteiger partial charge is 0.274 e. The highest BCUT2D eigenvalue weighted by Gasteiger charge is 2.22. The van der Waals surface area contributed by atoms with Gasteiger partial charge in [0, 0.05) is 18.3 Å². The van der Waals surface area contributed by atoms with E-state index in [1.165, 1.54) is 6.42 Å². The lowest BCUT2D eigenvalue weighted by Gasteiger charge is -2.19. The Balaban J connectivity index is 2.01. The van der Waals surface area contributed by atoms with Crippen LogP contribution in [0.1, 0.15) is 29.8 Å². The number of aromatic nitrogens is 2. The number of likely N-dealkylation sites (tertiary alicyclic amines) is 1. The number of hydrazine groups is 1. The molecule has 0 aliphatic carbocycles. The molecule has 7 heteroatoms. The van der Waals surface area contributed by atoms with Gasteiger partial charge in [-0.3, -0.25) is 4.79 Å². The number of thioether (sulfide) groups is 1. The van der Waals surface area contributed by atoms with Gasteiger partial charge in [-0.15, -0.1) is 10.2 Å². The van der Waals surface area contributed by atoms with Crippen LogP contribution in [-0.2, 0) is 0 Å². The molecular weight excluding hydrogens is 262 g/mol. The summed E-state index contributed by atoms with van der Waals surface area (Å²) >= 11 is 1.89. The van der Waals surface area contributed by atoms with Crippen LogP contribution in [0, 0.1) is 0 Å². The normalized spacial score (nSPS) is 19.9. The highest BCUT2D eigenvalue weighted by atomic mass is 32.2. The SMILES string of the molecule is CSC1CCCN(C(=O)c2ccc(NN)nn2)CC1. The zero-order valence-electron chi connectivity index (χ0n) is 11.0. The molecule has 1 aromatic heterocycles. The molecule has 1 unspecified atom stereocenters. The number of amides is 1. The summed E-state index contributed by atoms with van der Waals surface area (Å²) in [6.07, 6.45) is 5.40. The molecule has 1 aromatic rings. The van der Waals surface area contributed by atoms with Crippen molar-refractivity contribution in [2.45, 2.75) is 24.5 Å². The van der Waals surface area contributed by atoms with Crippen molar-refractivity contribution >= 4 is 23.5 Å². The lowest BCUT2D eigenvalue weighted by Crippen LogP contribution is -2.33. The second kappa shape index (κ2) is 6.72. The molecule has 6 nitrogen and oxygen atoms in total. The van der Waals surface area contributed by atoms with Crippen molar-refractivity contribution < 1.29 is 4.79 Å². The first-order valence-electron chi connectivity index (χ1n) is 6.37. The quantitative estimate of drug-likeness (QED) is 0.638. The van der Waals surface area contributed by atoms with Crippen LogP contribution in [-0.4, -0.2) is 45.6 Å². The summed E-state index contributed by atoms with van der Waals surface area (Å²) in [4.78, 5) is 14.2. The average molecular weight is 281 g/mol. The van der Waals surface area contributed by atoms with Gasteiger partial charge in [0.05, 0.1) is 0 Å². The van der Waals surface area contributed by atoms with Crippen molar-refractivity contribution in [3.8, 4) is 0 Å². The summed E-state index contributed by atoms with van der Waals surface area (Å²) in [7, 11) is 0. The van der Waals surface area contributed by atoms with E-state index in [0.717, 1.165) is 25.9 Å². The Labute approximate surface area is 117 Å². The summed E-state index contributed by atoms with van der Waals surface area (Å²) < 4.78 is 0. The zero-order valence-corrected chi connectivity index (χ0v) is 11.8. The van der Waals surface area contributed by atoms with E-state index in [1.807, 2.05) is 16.7 Å². The minimum atomic E-state index is -0.0437. The lowest BCUT2D eigenvalue weighted by molar-refractivity contribution is 0.0755. The number of hydrogen-bond acceptors (Lipinski definition) is 6. The number of nitrogen functional groups attached to an aromatic ring is 1. The van der Waals surface area contributed by atoms with Crippen LogP contribution in [0.5, 0.6) is 0 Å². The van der Waals surface area contributed by atoms with Crippen LogP contribution < -0.4 is 11.3 Å². The largest absolute Gasteiger partial charge is 0.337 e. The molecule has 104 valence electrons. The van der Waals surface area contributed by atoms with E-state index in [0.29, 0.717) is 16.8 Å². The van der Waals surface area contributed by atoms with Crippen molar-refractivity contribution in [1.82, 2.24) is 15.1 Å². The number of anilines is 1. The molecule has 1 amide bonds. The lowest BCUT2D eigenvalue weighted by atomic mass is 10.2. The van der Waals surface area contributed by atoms with Gasteiger partial charge in [0.15, 0.2) is 11.5 Å². The summed E-state index contributed by atoms with van der Waals surface area (Å²) in [6, 6.07) is 3.31. The summed E-state index contributed by atoms with van der Waals surface area (Å²) in [6.45, 7) is 1.59. The standard InChI is InChI=1S/C12H19N5OS/c1-19-9-3-2-7-17(8-6-9)12(18)10-4-5-11(14-13)16-15-10/h4-5,9H,2-3,6-8,13H2,1H3,(H,14,16). The molecule has 2 rings (SSSR count). The molecule has 1 saturated heterocycles. The maximum Gasteiger partial charge on any atom is 0.274 e. The third kappa shape index (κ3) is 3.57. The van der Waals surface area contributed by atoms with Crippen molar-refractivity contribution in [3.63, 3.8) is 0 Å². The van der Waals surface area contributed by atoms with Gasteiger partial charge in [-0.2, -0.15) is 11.8 Å². The van der Waals surface area contributed by atoms with Gasteiger partial charge in [0.1, 0.15) is 0 Å². The molecule has 0 aromatic carbocycles. The summed E-state index contributed by atoms with van der Waals surface area (Å²) in [5, 5.41) is 8.40. The van der Waals surface area contributed by atoms with Gasteiger partial charge in [-0.05, 0) is 37.7 Å². The number of nitrogens with one attached hydrogen (secondary N) is 1. The fraction of sp³-hybridized carbons (Fsp3) is 0.583. The van der Waals surface area contributed by atoms with E-state index in [9.17, 15) is 4.79 Å². The molecular formula is C12H19N5OS. The van der Waals surface area contributed by atoms with E-state index in [4.69, 9.17) is 5.84 Å². The first-order chi connectivity index (χ1) is 9.24. The van der Waals surface area contributed by atoms with E-state index >= 15 is 0 Å². The number of nitrogens with zero attached hydrogens (tertiary/aromatic N) is 3. The molecule has 19 heavy (non-hydrogen) atoms. The molecule has 0 saturated carbocycles. The number of rotatable bonds is 3. The van der Waals surface area contributed by atoms with Gasteiger partial charge in [0.25, 0.3) is 5.91 Å². The van der Waals surface area contributed by atoms with Crippen molar-refractivity contribution in [2.75, 3.05) is 24.8 Å². The Morgan fingerprint density at radius 2 is 2.26 bits per heavy atom. The maximum absolute atomic E-state index is 12.3. The number of carbonyl (C=O) groups excluding carboxylic acids is 1. The first kappa shape index (κ1) is 14.1. The van der Waals surface area contributed by atoms with Gasteiger partial charge in [-0.1, -0.05) is 0 Å². The second-order valence-electron chi connectivity index (χ2n) is 4.53. The Morgan fingerprint density at radius 3 is 2.89 bits per heavy atom. The average Bonchev–Trinajstić information content (AvgIpc) is 2.72. The van der Waals surface area contributed by atoms with E-state index in [2.05, 4.69) is 21.9 Å².